The quantitative estimate of drug-likeness (QED) is 0.621. The highest BCUT2D eigenvalue weighted by atomic mass is 19.4. The second kappa shape index (κ2) is 7.37. The molecule has 21 heavy (non-hydrogen) atoms. The summed E-state index contributed by atoms with van der Waals surface area (Å²) in [5, 5.41) is 19.6. The van der Waals surface area contributed by atoms with Crippen LogP contribution in [0.5, 0.6) is 0 Å². The molecule has 1 aromatic carbocycles. The molecule has 0 bridgehead atoms. The molecule has 1 N–H and O–H groups in total. The van der Waals surface area contributed by atoms with Crippen molar-refractivity contribution < 1.29 is 23.2 Å². The van der Waals surface area contributed by atoms with Crippen LogP contribution in [-0.4, -0.2) is 40.8 Å². The van der Waals surface area contributed by atoms with Crippen LogP contribution < -0.4 is 0 Å². The molecule has 0 radical (unpaired) electrons. The predicted octanol–water partition coefficient (Wildman–Crippen LogP) is 2.65. The molecule has 8 heteroatoms. The van der Waals surface area contributed by atoms with E-state index in [1.54, 1.807) is 6.07 Å². The largest absolute Gasteiger partial charge is 0.401 e. The first-order valence-electron chi connectivity index (χ1n) is 6.37. The van der Waals surface area contributed by atoms with Crippen molar-refractivity contribution in [2.45, 2.75) is 26.1 Å². The monoisotopic (exact) mass is 306 g/mol. The molecule has 118 valence electrons. The molecule has 0 atom stereocenters. The third-order valence-corrected chi connectivity index (χ3v) is 3.04. The van der Waals surface area contributed by atoms with Crippen molar-refractivity contribution in [3.63, 3.8) is 0 Å². The smallest absolute Gasteiger partial charge is 0.396 e. The minimum atomic E-state index is -4.36. The summed E-state index contributed by atoms with van der Waals surface area (Å²) in [5.74, 6) is 0. The normalized spacial score (nSPS) is 11.9. The lowest BCUT2D eigenvalue weighted by atomic mass is 10.1. The maximum absolute atomic E-state index is 12.5. The average Bonchev–Trinajstić information content (AvgIpc) is 2.36. The second-order valence-electron chi connectivity index (χ2n) is 4.72. The van der Waals surface area contributed by atoms with E-state index in [1.165, 1.54) is 19.1 Å². The third-order valence-electron chi connectivity index (χ3n) is 3.04. The van der Waals surface area contributed by atoms with E-state index in [9.17, 15) is 23.3 Å². The van der Waals surface area contributed by atoms with Gasteiger partial charge < -0.3 is 5.11 Å². The van der Waals surface area contributed by atoms with Gasteiger partial charge in [-0.05, 0) is 18.9 Å². The van der Waals surface area contributed by atoms with Crippen LogP contribution in [0, 0.1) is 17.0 Å². The van der Waals surface area contributed by atoms with Crippen LogP contribution in [0.4, 0.5) is 18.9 Å². The Morgan fingerprint density at radius 3 is 2.57 bits per heavy atom. The summed E-state index contributed by atoms with van der Waals surface area (Å²) in [6.45, 7) is 0.216. The lowest BCUT2D eigenvalue weighted by Crippen LogP contribution is -2.35. The van der Waals surface area contributed by atoms with Gasteiger partial charge in [0, 0.05) is 31.3 Å². The van der Waals surface area contributed by atoms with Crippen LogP contribution in [0.1, 0.15) is 17.5 Å². The number of rotatable bonds is 7. The van der Waals surface area contributed by atoms with Crippen LogP contribution in [0.3, 0.4) is 0 Å². The molecule has 0 aliphatic heterocycles. The summed E-state index contributed by atoms with van der Waals surface area (Å²) in [7, 11) is 0. The van der Waals surface area contributed by atoms with Gasteiger partial charge in [0.1, 0.15) is 0 Å². The predicted molar refractivity (Wildman–Crippen MR) is 70.9 cm³/mol. The number of nitro groups is 1. The Kier molecular flexibility index (Phi) is 6.10. The number of halogens is 3. The van der Waals surface area contributed by atoms with Gasteiger partial charge in [0.25, 0.3) is 5.69 Å². The molecule has 5 nitrogen and oxygen atoms in total. The molecular weight excluding hydrogens is 289 g/mol. The van der Waals surface area contributed by atoms with Gasteiger partial charge in [0.15, 0.2) is 0 Å². The van der Waals surface area contributed by atoms with Crippen molar-refractivity contribution in [3.8, 4) is 0 Å². The number of alkyl halides is 3. The summed E-state index contributed by atoms with van der Waals surface area (Å²) in [5.41, 5.74) is 0.728. The van der Waals surface area contributed by atoms with Crippen LogP contribution in [-0.2, 0) is 6.54 Å². The van der Waals surface area contributed by atoms with Crippen molar-refractivity contribution in [3.05, 3.63) is 39.4 Å². The molecule has 0 spiro atoms. The SMILES string of the molecule is Cc1c(CN(CCCO)CC(F)(F)F)cccc1[N+](=O)[O-]. The number of benzene rings is 1. The first-order valence-corrected chi connectivity index (χ1v) is 6.37. The van der Waals surface area contributed by atoms with Crippen molar-refractivity contribution in [2.24, 2.45) is 0 Å². The molecule has 0 saturated heterocycles. The van der Waals surface area contributed by atoms with Gasteiger partial charge >= 0.3 is 6.18 Å². The molecule has 1 rings (SSSR count). The first-order chi connectivity index (χ1) is 9.74. The van der Waals surface area contributed by atoms with Gasteiger partial charge in [-0.1, -0.05) is 12.1 Å². The number of hydrogen-bond acceptors (Lipinski definition) is 4. The zero-order chi connectivity index (χ0) is 16.0. The van der Waals surface area contributed by atoms with Gasteiger partial charge in [-0.2, -0.15) is 13.2 Å². The Morgan fingerprint density at radius 2 is 2.05 bits per heavy atom. The first kappa shape index (κ1) is 17.4. The maximum atomic E-state index is 12.5. The zero-order valence-electron chi connectivity index (χ0n) is 11.6. The van der Waals surface area contributed by atoms with E-state index in [2.05, 4.69) is 0 Å². The lowest BCUT2D eigenvalue weighted by Gasteiger charge is -2.24. The summed E-state index contributed by atoms with van der Waals surface area (Å²) in [4.78, 5) is 11.4. The highest BCUT2D eigenvalue weighted by Crippen LogP contribution is 2.24. The Labute approximate surface area is 120 Å². The molecule has 1 aromatic rings. The van der Waals surface area contributed by atoms with E-state index in [0.29, 0.717) is 11.1 Å². The Hall–Kier alpha value is -1.67. The van der Waals surface area contributed by atoms with Gasteiger partial charge in [-0.3, -0.25) is 15.0 Å². The maximum Gasteiger partial charge on any atom is 0.401 e. The van der Waals surface area contributed by atoms with Crippen molar-refractivity contribution in [2.75, 3.05) is 19.7 Å². The Balaban J connectivity index is 2.92. The molecule has 0 saturated carbocycles. The van der Waals surface area contributed by atoms with Crippen LogP contribution in [0.2, 0.25) is 0 Å². The molecule has 0 fully saturated rings. The van der Waals surface area contributed by atoms with Crippen LogP contribution >= 0.6 is 0 Å². The fraction of sp³-hybridized carbons (Fsp3) is 0.538. The zero-order valence-corrected chi connectivity index (χ0v) is 11.6. The number of aliphatic hydroxyl groups is 1. The summed E-state index contributed by atoms with van der Waals surface area (Å²) in [6, 6.07) is 4.35. The minimum Gasteiger partial charge on any atom is -0.396 e. The van der Waals surface area contributed by atoms with E-state index >= 15 is 0 Å². The van der Waals surface area contributed by atoms with Crippen molar-refractivity contribution in [1.82, 2.24) is 4.90 Å². The molecule has 0 aromatic heterocycles. The van der Waals surface area contributed by atoms with Crippen LogP contribution in [0.25, 0.3) is 0 Å². The van der Waals surface area contributed by atoms with E-state index in [-0.39, 0.29) is 31.8 Å². The lowest BCUT2D eigenvalue weighted by molar-refractivity contribution is -0.385. The summed E-state index contributed by atoms with van der Waals surface area (Å²) >= 11 is 0. The van der Waals surface area contributed by atoms with Gasteiger partial charge in [-0.25, -0.2) is 0 Å². The molecular formula is C13H17F3N2O3. The van der Waals surface area contributed by atoms with E-state index in [1.807, 2.05) is 0 Å². The highest BCUT2D eigenvalue weighted by molar-refractivity contribution is 5.44. The van der Waals surface area contributed by atoms with Crippen molar-refractivity contribution >= 4 is 5.69 Å². The number of hydrogen-bond donors (Lipinski definition) is 1. The molecule has 0 amide bonds. The van der Waals surface area contributed by atoms with Crippen LogP contribution in [0.15, 0.2) is 18.2 Å². The van der Waals surface area contributed by atoms with E-state index in [0.717, 1.165) is 4.90 Å². The molecule has 0 aliphatic rings. The van der Waals surface area contributed by atoms with Gasteiger partial charge in [-0.15, -0.1) is 0 Å². The van der Waals surface area contributed by atoms with E-state index < -0.39 is 17.6 Å². The molecule has 0 aliphatic carbocycles. The summed E-state index contributed by atoms with van der Waals surface area (Å²) in [6.07, 6.45) is -4.14. The third kappa shape index (κ3) is 5.68. The number of nitro benzene ring substituents is 1. The van der Waals surface area contributed by atoms with Crippen molar-refractivity contribution in [1.29, 1.82) is 0 Å². The molecule has 0 heterocycles. The Bertz CT molecular complexity index is 492. The average molecular weight is 306 g/mol. The molecule has 0 unspecified atom stereocenters. The van der Waals surface area contributed by atoms with Gasteiger partial charge in [0.05, 0.1) is 11.5 Å². The van der Waals surface area contributed by atoms with E-state index in [4.69, 9.17) is 5.11 Å². The minimum absolute atomic E-state index is 0.0486. The van der Waals surface area contributed by atoms with Gasteiger partial charge in [0.2, 0.25) is 0 Å². The number of nitrogens with zero attached hydrogens (tertiary/aromatic N) is 2. The summed E-state index contributed by atoms with van der Waals surface area (Å²) < 4.78 is 37.6. The number of aliphatic hydroxyl groups excluding tert-OH is 1. The fourth-order valence-electron chi connectivity index (χ4n) is 2.04. The second-order valence-corrected chi connectivity index (χ2v) is 4.72. The Morgan fingerprint density at radius 1 is 1.38 bits per heavy atom. The highest BCUT2D eigenvalue weighted by Gasteiger charge is 2.30. The topological polar surface area (TPSA) is 66.6 Å². The standard InChI is InChI=1S/C13H17F3N2O3/c1-10-11(4-2-5-12(10)18(20)21)8-17(6-3-7-19)9-13(14,15)16/h2,4-5,19H,3,6-9H2,1H3. The fourth-order valence-corrected chi connectivity index (χ4v) is 2.04.